The Bertz CT molecular complexity index is 575. The fourth-order valence-electron chi connectivity index (χ4n) is 3.79. The predicted molar refractivity (Wildman–Crippen MR) is 93.5 cm³/mol. The molecule has 23 heavy (non-hydrogen) atoms. The standard InChI is InChI=1S/C20H30O3/c1-19(2,3)15-11-14(13-17(21)22)12-16(18(15)23-5)20(4)9-7-6-8-10-20/h11-12H,6-10,13H2,1-5H3,(H,21,22). The van der Waals surface area contributed by atoms with E-state index in [0.717, 1.165) is 29.7 Å². The van der Waals surface area contributed by atoms with Crippen molar-refractivity contribution in [3.8, 4) is 5.75 Å². The molecular weight excluding hydrogens is 288 g/mol. The van der Waals surface area contributed by atoms with Gasteiger partial charge in [-0.1, -0.05) is 59.1 Å². The van der Waals surface area contributed by atoms with Crippen molar-refractivity contribution in [3.63, 3.8) is 0 Å². The van der Waals surface area contributed by atoms with Crippen LogP contribution in [0.25, 0.3) is 0 Å². The molecule has 1 fully saturated rings. The Balaban J connectivity index is 2.64. The molecule has 0 heterocycles. The highest BCUT2D eigenvalue weighted by Crippen LogP contribution is 2.46. The smallest absolute Gasteiger partial charge is 0.307 e. The molecule has 0 amide bonds. The summed E-state index contributed by atoms with van der Waals surface area (Å²) in [5.74, 6) is 0.172. The lowest BCUT2D eigenvalue weighted by Crippen LogP contribution is -2.27. The van der Waals surface area contributed by atoms with Crippen molar-refractivity contribution in [1.29, 1.82) is 0 Å². The summed E-state index contributed by atoms with van der Waals surface area (Å²) in [4.78, 5) is 11.2. The number of benzene rings is 1. The number of aliphatic carboxylic acids is 1. The topological polar surface area (TPSA) is 46.5 Å². The van der Waals surface area contributed by atoms with Crippen LogP contribution in [0.2, 0.25) is 0 Å². The van der Waals surface area contributed by atoms with E-state index in [1.165, 1.54) is 24.8 Å². The number of carboxylic acid groups (broad SMARTS) is 1. The van der Waals surface area contributed by atoms with Crippen LogP contribution in [0.4, 0.5) is 0 Å². The highest BCUT2D eigenvalue weighted by Gasteiger charge is 2.34. The van der Waals surface area contributed by atoms with Crippen molar-refractivity contribution in [2.45, 2.75) is 77.0 Å². The summed E-state index contributed by atoms with van der Waals surface area (Å²) in [7, 11) is 1.73. The van der Waals surface area contributed by atoms with Gasteiger partial charge < -0.3 is 9.84 Å². The van der Waals surface area contributed by atoms with Gasteiger partial charge in [-0.2, -0.15) is 0 Å². The Labute approximate surface area is 140 Å². The van der Waals surface area contributed by atoms with Gasteiger partial charge in [0.25, 0.3) is 0 Å². The summed E-state index contributed by atoms with van der Waals surface area (Å²) in [5, 5.41) is 9.22. The molecule has 0 unspecified atom stereocenters. The lowest BCUT2D eigenvalue weighted by atomic mass is 9.68. The minimum atomic E-state index is -0.783. The van der Waals surface area contributed by atoms with Crippen LogP contribution in [0.1, 0.15) is 76.5 Å². The summed E-state index contributed by atoms with van der Waals surface area (Å²) in [6.45, 7) is 8.77. The normalized spacial score (nSPS) is 17.8. The van der Waals surface area contributed by atoms with Crippen molar-refractivity contribution >= 4 is 5.97 Å². The third-order valence-electron chi connectivity index (χ3n) is 5.12. The zero-order valence-electron chi connectivity index (χ0n) is 15.2. The molecule has 1 aromatic carbocycles. The van der Waals surface area contributed by atoms with E-state index in [0.29, 0.717) is 0 Å². The quantitative estimate of drug-likeness (QED) is 0.864. The molecule has 0 spiro atoms. The summed E-state index contributed by atoms with van der Waals surface area (Å²) in [6.07, 6.45) is 6.10. The molecule has 1 N–H and O–H groups in total. The fourth-order valence-corrected chi connectivity index (χ4v) is 3.79. The molecular formula is C20H30O3. The summed E-state index contributed by atoms with van der Waals surface area (Å²) < 4.78 is 5.83. The van der Waals surface area contributed by atoms with Gasteiger partial charge in [0, 0.05) is 11.1 Å². The van der Waals surface area contributed by atoms with E-state index in [4.69, 9.17) is 4.74 Å². The van der Waals surface area contributed by atoms with E-state index < -0.39 is 5.97 Å². The Morgan fingerprint density at radius 1 is 1.22 bits per heavy atom. The Kier molecular flexibility index (Phi) is 5.07. The molecule has 3 heteroatoms. The average Bonchev–Trinajstić information content (AvgIpc) is 2.45. The van der Waals surface area contributed by atoms with Gasteiger partial charge in [-0.05, 0) is 29.2 Å². The number of carbonyl (C=O) groups is 1. The Hall–Kier alpha value is -1.51. The third kappa shape index (κ3) is 3.88. The Morgan fingerprint density at radius 2 is 1.83 bits per heavy atom. The average molecular weight is 318 g/mol. The molecule has 0 aromatic heterocycles. The zero-order chi connectivity index (χ0) is 17.3. The van der Waals surface area contributed by atoms with Crippen LogP contribution >= 0.6 is 0 Å². The first-order chi connectivity index (χ1) is 10.7. The minimum Gasteiger partial charge on any atom is -0.496 e. The van der Waals surface area contributed by atoms with Crippen LogP contribution in [-0.2, 0) is 22.0 Å². The van der Waals surface area contributed by atoms with Gasteiger partial charge in [0.2, 0.25) is 0 Å². The molecule has 1 aliphatic carbocycles. The summed E-state index contributed by atoms with van der Waals surface area (Å²) in [5.41, 5.74) is 3.19. The number of rotatable bonds is 4. The molecule has 1 saturated carbocycles. The molecule has 3 nitrogen and oxygen atoms in total. The van der Waals surface area contributed by atoms with E-state index >= 15 is 0 Å². The van der Waals surface area contributed by atoms with Crippen LogP contribution in [0, 0.1) is 0 Å². The predicted octanol–water partition coefficient (Wildman–Crippen LogP) is 4.84. The van der Waals surface area contributed by atoms with Crippen LogP contribution < -0.4 is 4.74 Å². The minimum absolute atomic E-state index is 0.0656. The van der Waals surface area contributed by atoms with Crippen LogP contribution in [0.3, 0.4) is 0 Å². The highest BCUT2D eigenvalue weighted by atomic mass is 16.5. The number of methoxy groups -OCH3 is 1. The highest BCUT2D eigenvalue weighted by molar-refractivity contribution is 5.71. The first-order valence-corrected chi connectivity index (χ1v) is 8.61. The second-order valence-electron chi connectivity index (χ2n) is 8.17. The molecule has 0 aliphatic heterocycles. The number of ether oxygens (including phenoxy) is 1. The van der Waals surface area contributed by atoms with Gasteiger partial charge in [0.05, 0.1) is 13.5 Å². The Morgan fingerprint density at radius 3 is 2.30 bits per heavy atom. The molecule has 0 radical (unpaired) electrons. The first-order valence-electron chi connectivity index (χ1n) is 8.61. The van der Waals surface area contributed by atoms with E-state index in [-0.39, 0.29) is 17.3 Å². The van der Waals surface area contributed by atoms with E-state index in [9.17, 15) is 9.90 Å². The van der Waals surface area contributed by atoms with Crippen molar-refractivity contribution in [2.24, 2.45) is 0 Å². The molecule has 0 saturated heterocycles. The fraction of sp³-hybridized carbons (Fsp3) is 0.650. The van der Waals surface area contributed by atoms with Crippen LogP contribution in [0.5, 0.6) is 5.75 Å². The number of hydrogen-bond donors (Lipinski definition) is 1. The van der Waals surface area contributed by atoms with Gasteiger partial charge in [-0.25, -0.2) is 0 Å². The molecule has 1 aliphatic rings. The van der Waals surface area contributed by atoms with Crippen molar-refractivity contribution in [2.75, 3.05) is 7.11 Å². The largest absolute Gasteiger partial charge is 0.496 e. The SMILES string of the molecule is COc1c(C(C)(C)C)cc(CC(=O)O)cc1C1(C)CCCCC1. The third-order valence-corrected chi connectivity index (χ3v) is 5.12. The summed E-state index contributed by atoms with van der Waals surface area (Å²) in [6, 6.07) is 4.09. The first kappa shape index (κ1) is 17.8. The van der Waals surface area contributed by atoms with Crippen molar-refractivity contribution < 1.29 is 14.6 Å². The summed E-state index contributed by atoms with van der Waals surface area (Å²) >= 11 is 0. The molecule has 128 valence electrons. The van der Waals surface area contributed by atoms with Crippen molar-refractivity contribution in [3.05, 3.63) is 28.8 Å². The van der Waals surface area contributed by atoms with Gasteiger partial charge in [-0.15, -0.1) is 0 Å². The van der Waals surface area contributed by atoms with Gasteiger partial charge in [0.15, 0.2) is 0 Å². The lowest BCUT2D eigenvalue weighted by molar-refractivity contribution is -0.136. The monoisotopic (exact) mass is 318 g/mol. The van der Waals surface area contributed by atoms with Crippen LogP contribution in [0.15, 0.2) is 12.1 Å². The molecule has 0 atom stereocenters. The van der Waals surface area contributed by atoms with Crippen LogP contribution in [-0.4, -0.2) is 18.2 Å². The number of hydrogen-bond acceptors (Lipinski definition) is 2. The second-order valence-corrected chi connectivity index (χ2v) is 8.17. The van der Waals surface area contributed by atoms with Crippen molar-refractivity contribution in [1.82, 2.24) is 0 Å². The maximum atomic E-state index is 11.2. The van der Waals surface area contributed by atoms with E-state index in [1.54, 1.807) is 7.11 Å². The van der Waals surface area contributed by atoms with E-state index in [2.05, 4.69) is 33.8 Å². The van der Waals surface area contributed by atoms with Gasteiger partial charge in [0.1, 0.15) is 5.75 Å². The maximum Gasteiger partial charge on any atom is 0.307 e. The molecule has 2 rings (SSSR count). The number of carboxylic acids is 1. The van der Waals surface area contributed by atoms with Gasteiger partial charge >= 0.3 is 5.97 Å². The molecule has 1 aromatic rings. The van der Waals surface area contributed by atoms with E-state index in [1.807, 2.05) is 6.07 Å². The zero-order valence-corrected chi connectivity index (χ0v) is 15.2. The molecule has 0 bridgehead atoms. The lowest BCUT2D eigenvalue weighted by Gasteiger charge is -2.37. The second kappa shape index (κ2) is 6.54. The maximum absolute atomic E-state index is 11.2. The van der Waals surface area contributed by atoms with Gasteiger partial charge in [-0.3, -0.25) is 4.79 Å².